The largest absolute Gasteiger partial charge is 0.489 e. The second kappa shape index (κ2) is 9.74. The van der Waals surface area contributed by atoms with Crippen LogP contribution in [0.2, 0.25) is 5.82 Å². The van der Waals surface area contributed by atoms with E-state index in [-0.39, 0.29) is 32.1 Å². The number of benzene rings is 2. The summed E-state index contributed by atoms with van der Waals surface area (Å²) in [5.74, 6) is -2.75. The van der Waals surface area contributed by atoms with E-state index in [1.807, 2.05) is 24.3 Å². The quantitative estimate of drug-likeness (QED) is 0.423. The van der Waals surface area contributed by atoms with Crippen LogP contribution in [0.5, 0.6) is 5.75 Å². The summed E-state index contributed by atoms with van der Waals surface area (Å²) in [6.45, 7) is 1.95. The highest BCUT2D eigenvalue weighted by Crippen LogP contribution is 2.41. The van der Waals surface area contributed by atoms with Crippen LogP contribution < -0.4 is 4.74 Å². The monoisotopic (exact) mass is 493 g/mol. The molecule has 0 bridgehead atoms. The van der Waals surface area contributed by atoms with Gasteiger partial charge in [-0.2, -0.15) is 0 Å². The third-order valence-corrected chi connectivity index (χ3v) is 7.04. The van der Waals surface area contributed by atoms with Crippen molar-refractivity contribution in [1.82, 2.24) is 14.6 Å². The minimum atomic E-state index is -1.96. The molecule has 2 saturated heterocycles. The first-order valence-corrected chi connectivity index (χ1v) is 11.9. The van der Waals surface area contributed by atoms with E-state index in [1.54, 1.807) is 23.1 Å². The summed E-state index contributed by atoms with van der Waals surface area (Å²) in [6, 6.07) is 12.8. The van der Waals surface area contributed by atoms with Crippen molar-refractivity contribution in [2.75, 3.05) is 19.8 Å². The molecule has 0 aliphatic carbocycles. The Labute approximate surface area is 218 Å². The number of imide groups is 1. The first-order chi connectivity index (χ1) is 17.7. The molecule has 5 rings (SSSR count). The van der Waals surface area contributed by atoms with Crippen molar-refractivity contribution in [2.24, 2.45) is 0 Å². The maximum atomic E-state index is 13.2. The Hall–Kier alpha value is -3.53. The van der Waals surface area contributed by atoms with Crippen molar-refractivity contribution >= 4 is 47.3 Å². The van der Waals surface area contributed by atoms with Gasteiger partial charge in [-0.05, 0) is 29.1 Å². The van der Waals surface area contributed by atoms with Crippen LogP contribution in [0.1, 0.15) is 33.5 Å². The number of carbonyl (C=O) groups excluding carboxylic acids is 4. The number of fused-ring (bicyclic) bond motifs is 1. The molecule has 3 aliphatic heterocycles. The van der Waals surface area contributed by atoms with Crippen LogP contribution in [0, 0.1) is 0 Å². The molecule has 0 spiro atoms. The summed E-state index contributed by atoms with van der Waals surface area (Å²) >= 11 is 0. The van der Waals surface area contributed by atoms with Crippen LogP contribution in [-0.2, 0) is 38.8 Å². The average molecular weight is 493 g/mol. The first kappa shape index (κ1) is 25.1. The first-order valence-electron chi connectivity index (χ1n) is 11.9. The lowest BCUT2D eigenvalue weighted by Crippen LogP contribution is -2.66. The molecule has 37 heavy (non-hydrogen) atoms. The molecule has 2 atom stereocenters. The van der Waals surface area contributed by atoms with Gasteiger partial charge in [0.15, 0.2) is 0 Å². The highest BCUT2D eigenvalue weighted by Gasteiger charge is 2.53. The molecule has 0 saturated carbocycles. The van der Waals surface area contributed by atoms with Crippen molar-refractivity contribution in [1.29, 1.82) is 0 Å². The number of hydrogen-bond donors (Lipinski definition) is 0. The molecule has 3 heterocycles. The van der Waals surface area contributed by atoms with Crippen LogP contribution in [0.15, 0.2) is 42.5 Å². The standard InChI is InChI=1S/C25H22B3N3O6/c26-20-10-21(32)31(28)24(35)25(20,27)30-12-18-17(23(30)34)2-1-3-19(18)37-13-16-6-4-15(5-7-16)11-29-8-9-36-14-22(29)33/h1-7,20H,8-14H2. The van der Waals surface area contributed by atoms with Crippen molar-refractivity contribution in [3.05, 3.63) is 64.7 Å². The van der Waals surface area contributed by atoms with Gasteiger partial charge in [0.05, 0.1) is 26.4 Å². The van der Waals surface area contributed by atoms with E-state index in [0.717, 1.165) is 16.0 Å². The maximum Gasteiger partial charge on any atom is 0.254 e. The zero-order chi connectivity index (χ0) is 26.3. The van der Waals surface area contributed by atoms with E-state index in [2.05, 4.69) is 0 Å². The smallest absolute Gasteiger partial charge is 0.254 e. The molecule has 182 valence electrons. The predicted molar refractivity (Wildman–Crippen MR) is 134 cm³/mol. The van der Waals surface area contributed by atoms with E-state index in [9.17, 15) is 19.2 Å². The summed E-state index contributed by atoms with van der Waals surface area (Å²) in [5.41, 5.74) is 0.838. The Morgan fingerprint density at radius 1 is 1.03 bits per heavy atom. The lowest BCUT2D eigenvalue weighted by atomic mass is 9.55. The molecule has 2 aromatic carbocycles. The number of piperidine rings is 1. The molecular weight excluding hydrogens is 471 g/mol. The number of morpholine rings is 1. The van der Waals surface area contributed by atoms with Crippen molar-refractivity contribution < 1.29 is 28.7 Å². The van der Waals surface area contributed by atoms with Gasteiger partial charge in [-0.25, -0.2) is 0 Å². The highest BCUT2D eigenvalue weighted by atomic mass is 16.5. The fourth-order valence-corrected chi connectivity index (χ4v) is 4.80. The lowest BCUT2D eigenvalue weighted by Gasteiger charge is -2.48. The Balaban J connectivity index is 1.28. The summed E-state index contributed by atoms with van der Waals surface area (Å²) in [6.07, 6.45) is -0.266. The molecular formula is C25H22B3N3O6. The number of ether oxygens (including phenoxy) is 2. The molecule has 2 aromatic rings. The molecule has 2 fully saturated rings. The molecule has 0 N–H and O–H groups in total. The fourth-order valence-electron chi connectivity index (χ4n) is 4.80. The zero-order valence-electron chi connectivity index (χ0n) is 20.1. The second-order valence-corrected chi connectivity index (χ2v) is 9.35. The Morgan fingerprint density at radius 3 is 2.49 bits per heavy atom. The summed E-state index contributed by atoms with van der Waals surface area (Å²) < 4.78 is 11.2. The van der Waals surface area contributed by atoms with Crippen molar-refractivity contribution in [3.63, 3.8) is 0 Å². The van der Waals surface area contributed by atoms with Gasteiger partial charge in [0, 0.05) is 30.6 Å². The average Bonchev–Trinajstić information content (AvgIpc) is 3.24. The number of hydrogen-bond acceptors (Lipinski definition) is 6. The van der Waals surface area contributed by atoms with Crippen molar-refractivity contribution in [2.45, 2.75) is 37.4 Å². The van der Waals surface area contributed by atoms with Gasteiger partial charge >= 0.3 is 0 Å². The van der Waals surface area contributed by atoms with E-state index in [4.69, 9.17) is 33.1 Å². The predicted octanol–water partition coefficient (Wildman–Crippen LogP) is 0.244. The molecule has 12 heteroatoms. The summed E-state index contributed by atoms with van der Waals surface area (Å²) in [7, 11) is 18.0. The Bertz CT molecular complexity index is 1270. The number of rotatable bonds is 6. The summed E-state index contributed by atoms with van der Waals surface area (Å²) in [5, 5.41) is 0. The molecule has 6 radical (unpaired) electrons. The van der Waals surface area contributed by atoms with Gasteiger partial charge in [0.2, 0.25) is 25.7 Å². The second-order valence-electron chi connectivity index (χ2n) is 9.35. The summed E-state index contributed by atoms with van der Waals surface area (Å²) in [4.78, 5) is 53.3. The normalized spacial score (nSPS) is 24.0. The minimum Gasteiger partial charge on any atom is -0.489 e. The van der Waals surface area contributed by atoms with E-state index in [0.29, 0.717) is 41.4 Å². The number of nitrogens with zero attached hydrogens (tertiary/aromatic N) is 3. The lowest BCUT2D eigenvalue weighted by molar-refractivity contribution is -0.147. The van der Waals surface area contributed by atoms with Gasteiger partial charge < -0.3 is 24.1 Å². The highest BCUT2D eigenvalue weighted by molar-refractivity contribution is 6.42. The fraction of sp³-hybridized carbons (Fsp3) is 0.360. The van der Waals surface area contributed by atoms with Crippen LogP contribution in [-0.4, -0.2) is 87.1 Å². The SMILES string of the molecule is [B]C1CC(=O)N([B])C(=O)C1([B])N1Cc2c(OCc3ccc(CN4CCOCC4=O)cc3)cccc2C1=O. The van der Waals surface area contributed by atoms with E-state index < -0.39 is 29.0 Å². The van der Waals surface area contributed by atoms with Gasteiger partial charge in [0.25, 0.3) is 5.91 Å². The van der Waals surface area contributed by atoms with Gasteiger partial charge in [0.1, 0.15) is 26.8 Å². The molecule has 3 aliphatic rings. The molecule has 0 aromatic heterocycles. The topological polar surface area (TPSA) is 96.5 Å². The third kappa shape index (κ3) is 4.43. The Morgan fingerprint density at radius 2 is 1.76 bits per heavy atom. The zero-order valence-corrected chi connectivity index (χ0v) is 20.1. The van der Waals surface area contributed by atoms with Crippen molar-refractivity contribution in [3.8, 4) is 5.75 Å². The van der Waals surface area contributed by atoms with Crippen LogP contribution in [0.4, 0.5) is 0 Å². The van der Waals surface area contributed by atoms with Gasteiger partial charge in [-0.15, -0.1) is 0 Å². The van der Waals surface area contributed by atoms with Crippen LogP contribution in [0.3, 0.4) is 0 Å². The number of carbonyl (C=O) groups is 4. The van der Waals surface area contributed by atoms with Crippen LogP contribution >= 0.6 is 0 Å². The van der Waals surface area contributed by atoms with E-state index in [1.165, 1.54) is 0 Å². The maximum absolute atomic E-state index is 13.2. The Kier molecular flexibility index (Phi) is 6.62. The van der Waals surface area contributed by atoms with Gasteiger partial charge in [-0.1, -0.05) is 30.3 Å². The molecule has 9 nitrogen and oxygen atoms in total. The molecule has 2 unspecified atom stereocenters. The third-order valence-electron chi connectivity index (χ3n) is 7.04. The van der Waals surface area contributed by atoms with Crippen LogP contribution in [0.25, 0.3) is 0 Å². The van der Waals surface area contributed by atoms with E-state index >= 15 is 0 Å². The van der Waals surface area contributed by atoms with Gasteiger partial charge in [-0.3, -0.25) is 19.2 Å². The minimum absolute atomic E-state index is 0.0190. The molecule has 4 amide bonds. The number of amides is 4.